The molecule has 1 amide bonds. The zero-order valence-electron chi connectivity index (χ0n) is 9.47. The largest absolute Gasteiger partial charge is 0.394 e. The van der Waals surface area contributed by atoms with Crippen LogP contribution in [0.25, 0.3) is 0 Å². The molecule has 1 fully saturated rings. The standard InChI is InChI=1S/C11H16N4O2/c12-14-10-5-1-4-9(13-10)11(17)15-6-2-3-8(15)7-16/h1,4-5,8,16H,2-3,6-7,12H2,(H,13,14). The zero-order valence-corrected chi connectivity index (χ0v) is 9.47. The van der Waals surface area contributed by atoms with Gasteiger partial charge in [0.05, 0.1) is 12.6 Å². The van der Waals surface area contributed by atoms with E-state index in [0.717, 1.165) is 12.8 Å². The molecule has 0 bridgehead atoms. The molecule has 0 spiro atoms. The first kappa shape index (κ1) is 11.8. The van der Waals surface area contributed by atoms with Gasteiger partial charge in [-0.15, -0.1) is 0 Å². The van der Waals surface area contributed by atoms with Crippen molar-refractivity contribution < 1.29 is 9.90 Å². The molecule has 1 unspecified atom stereocenters. The van der Waals surface area contributed by atoms with Gasteiger partial charge in [0.1, 0.15) is 11.5 Å². The molecule has 0 aliphatic carbocycles. The van der Waals surface area contributed by atoms with E-state index in [1.54, 1.807) is 23.1 Å². The van der Waals surface area contributed by atoms with Gasteiger partial charge in [-0.05, 0) is 25.0 Å². The maximum absolute atomic E-state index is 12.2. The summed E-state index contributed by atoms with van der Waals surface area (Å²) in [4.78, 5) is 17.9. The molecule has 1 atom stereocenters. The number of aliphatic hydroxyl groups is 1. The van der Waals surface area contributed by atoms with E-state index in [1.807, 2.05) is 0 Å². The van der Waals surface area contributed by atoms with Crippen molar-refractivity contribution in [2.24, 2.45) is 5.84 Å². The van der Waals surface area contributed by atoms with Crippen molar-refractivity contribution in [3.8, 4) is 0 Å². The zero-order chi connectivity index (χ0) is 12.3. The number of pyridine rings is 1. The first-order valence-corrected chi connectivity index (χ1v) is 5.61. The smallest absolute Gasteiger partial charge is 0.272 e. The number of amides is 1. The molecule has 6 nitrogen and oxygen atoms in total. The molecule has 92 valence electrons. The highest BCUT2D eigenvalue weighted by molar-refractivity contribution is 5.93. The molecule has 1 aliphatic heterocycles. The molecule has 0 radical (unpaired) electrons. The average Bonchev–Trinajstić information content (AvgIpc) is 2.86. The highest BCUT2D eigenvalue weighted by Gasteiger charge is 2.29. The lowest BCUT2D eigenvalue weighted by Crippen LogP contribution is -2.38. The van der Waals surface area contributed by atoms with Gasteiger partial charge in [-0.25, -0.2) is 10.8 Å². The number of anilines is 1. The molecule has 1 aromatic rings. The summed E-state index contributed by atoms with van der Waals surface area (Å²) >= 11 is 0. The number of rotatable bonds is 3. The number of nitrogens with one attached hydrogen (secondary N) is 1. The highest BCUT2D eigenvalue weighted by Crippen LogP contribution is 2.19. The van der Waals surface area contributed by atoms with Gasteiger partial charge in [0.2, 0.25) is 0 Å². The Balaban J connectivity index is 2.18. The van der Waals surface area contributed by atoms with Crippen molar-refractivity contribution in [1.29, 1.82) is 0 Å². The van der Waals surface area contributed by atoms with Gasteiger partial charge in [0.15, 0.2) is 0 Å². The summed E-state index contributed by atoms with van der Waals surface area (Å²) in [6.45, 7) is 0.673. The Morgan fingerprint density at radius 1 is 1.65 bits per heavy atom. The number of likely N-dealkylation sites (tertiary alicyclic amines) is 1. The lowest BCUT2D eigenvalue weighted by molar-refractivity contribution is 0.0672. The fraction of sp³-hybridized carbons (Fsp3) is 0.455. The van der Waals surface area contributed by atoms with Gasteiger partial charge >= 0.3 is 0 Å². The average molecular weight is 236 g/mol. The van der Waals surface area contributed by atoms with Crippen molar-refractivity contribution in [1.82, 2.24) is 9.88 Å². The van der Waals surface area contributed by atoms with Gasteiger partial charge in [-0.3, -0.25) is 4.79 Å². The molecule has 0 aromatic carbocycles. The molecule has 2 heterocycles. The topological polar surface area (TPSA) is 91.5 Å². The first-order valence-electron chi connectivity index (χ1n) is 5.61. The number of aliphatic hydroxyl groups excluding tert-OH is 1. The van der Waals surface area contributed by atoms with Crippen molar-refractivity contribution in [3.05, 3.63) is 23.9 Å². The molecule has 0 saturated carbocycles. The lowest BCUT2D eigenvalue weighted by Gasteiger charge is -2.22. The summed E-state index contributed by atoms with van der Waals surface area (Å²) in [6, 6.07) is 4.97. The second-order valence-corrected chi connectivity index (χ2v) is 4.03. The Morgan fingerprint density at radius 3 is 3.18 bits per heavy atom. The summed E-state index contributed by atoms with van der Waals surface area (Å²) in [5.41, 5.74) is 2.75. The van der Waals surface area contributed by atoms with Crippen molar-refractivity contribution in [2.75, 3.05) is 18.6 Å². The fourth-order valence-corrected chi connectivity index (χ4v) is 2.07. The molecule has 17 heavy (non-hydrogen) atoms. The highest BCUT2D eigenvalue weighted by atomic mass is 16.3. The molecule has 1 aromatic heterocycles. The van der Waals surface area contributed by atoms with Crippen LogP contribution in [0.2, 0.25) is 0 Å². The van der Waals surface area contributed by atoms with Crippen LogP contribution in [0.5, 0.6) is 0 Å². The van der Waals surface area contributed by atoms with Gasteiger partial charge < -0.3 is 15.4 Å². The number of hydrogen-bond acceptors (Lipinski definition) is 5. The minimum absolute atomic E-state index is 0.000565. The molecule has 1 aliphatic rings. The first-order chi connectivity index (χ1) is 8.26. The quantitative estimate of drug-likeness (QED) is 0.506. The van der Waals surface area contributed by atoms with Crippen LogP contribution in [0.1, 0.15) is 23.3 Å². The van der Waals surface area contributed by atoms with Crippen molar-refractivity contribution in [2.45, 2.75) is 18.9 Å². The van der Waals surface area contributed by atoms with Crippen LogP contribution < -0.4 is 11.3 Å². The van der Waals surface area contributed by atoms with Crippen LogP contribution >= 0.6 is 0 Å². The molecular weight excluding hydrogens is 220 g/mol. The van der Waals surface area contributed by atoms with E-state index < -0.39 is 0 Å². The molecule has 2 rings (SSSR count). The number of hydrazine groups is 1. The van der Waals surface area contributed by atoms with E-state index in [1.165, 1.54) is 0 Å². The monoisotopic (exact) mass is 236 g/mol. The maximum atomic E-state index is 12.2. The van der Waals surface area contributed by atoms with E-state index in [9.17, 15) is 9.90 Å². The van der Waals surface area contributed by atoms with Crippen LogP contribution in [-0.4, -0.2) is 40.1 Å². The second-order valence-electron chi connectivity index (χ2n) is 4.03. The summed E-state index contributed by atoms with van der Waals surface area (Å²) in [5, 5.41) is 9.19. The number of carbonyl (C=O) groups is 1. The van der Waals surface area contributed by atoms with Crippen LogP contribution in [-0.2, 0) is 0 Å². The number of nitrogens with zero attached hydrogens (tertiary/aromatic N) is 2. The maximum Gasteiger partial charge on any atom is 0.272 e. The Hall–Kier alpha value is -1.66. The van der Waals surface area contributed by atoms with Gasteiger partial charge in [0.25, 0.3) is 5.91 Å². The van der Waals surface area contributed by atoms with E-state index in [0.29, 0.717) is 18.1 Å². The predicted molar refractivity (Wildman–Crippen MR) is 63.2 cm³/mol. The number of nitrogens with two attached hydrogens (primary N) is 1. The normalized spacial score (nSPS) is 19.4. The van der Waals surface area contributed by atoms with E-state index in [4.69, 9.17) is 5.84 Å². The third-order valence-corrected chi connectivity index (χ3v) is 2.96. The Kier molecular flexibility index (Phi) is 3.55. The third kappa shape index (κ3) is 2.37. The molecule has 1 saturated heterocycles. The van der Waals surface area contributed by atoms with Gasteiger partial charge in [-0.2, -0.15) is 0 Å². The Labute approximate surface area is 99.4 Å². The Bertz CT molecular complexity index is 410. The predicted octanol–water partition coefficient (Wildman–Crippen LogP) is -0.0359. The number of nitrogen functional groups attached to an aromatic ring is 1. The lowest BCUT2D eigenvalue weighted by atomic mass is 10.2. The number of carbonyl (C=O) groups excluding carboxylic acids is 1. The van der Waals surface area contributed by atoms with Crippen LogP contribution in [0.4, 0.5) is 5.82 Å². The van der Waals surface area contributed by atoms with E-state index >= 15 is 0 Å². The SMILES string of the molecule is NNc1cccc(C(=O)N2CCCC2CO)n1. The van der Waals surface area contributed by atoms with E-state index in [-0.39, 0.29) is 18.6 Å². The van der Waals surface area contributed by atoms with Gasteiger partial charge in [0, 0.05) is 6.54 Å². The molecule has 4 N–H and O–H groups in total. The summed E-state index contributed by atoms with van der Waals surface area (Å²) in [5.74, 6) is 5.55. The fourth-order valence-electron chi connectivity index (χ4n) is 2.07. The number of hydrogen-bond donors (Lipinski definition) is 3. The Morgan fingerprint density at radius 2 is 2.47 bits per heavy atom. The van der Waals surface area contributed by atoms with Crippen LogP contribution in [0.3, 0.4) is 0 Å². The van der Waals surface area contributed by atoms with Crippen molar-refractivity contribution >= 4 is 11.7 Å². The van der Waals surface area contributed by atoms with Gasteiger partial charge in [-0.1, -0.05) is 6.07 Å². The van der Waals surface area contributed by atoms with Crippen LogP contribution in [0.15, 0.2) is 18.2 Å². The third-order valence-electron chi connectivity index (χ3n) is 2.96. The summed E-state index contributed by atoms with van der Waals surface area (Å²) in [6.07, 6.45) is 1.77. The van der Waals surface area contributed by atoms with E-state index in [2.05, 4.69) is 10.4 Å². The second kappa shape index (κ2) is 5.11. The minimum Gasteiger partial charge on any atom is -0.394 e. The molecule has 6 heteroatoms. The summed E-state index contributed by atoms with van der Waals surface area (Å²) in [7, 11) is 0. The minimum atomic E-state index is -0.154. The number of aromatic nitrogens is 1. The van der Waals surface area contributed by atoms with Crippen LogP contribution in [0, 0.1) is 0 Å². The summed E-state index contributed by atoms with van der Waals surface area (Å²) < 4.78 is 0. The van der Waals surface area contributed by atoms with Crippen molar-refractivity contribution in [3.63, 3.8) is 0 Å². The molecular formula is C11H16N4O2.